The van der Waals surface area contributed by atoms with Crippen molar-refractivity contribution in [2.24, 2.45) is 5.41 Å². The van der Waals surface area contributed by atoms with E-state index < -0.39 is 16.2 Å². The van der Waals surface area contributed by atoms with Gasteiger partial charge in [-0.15, -0.1) is 0 Å². The molecule has 110 valence electrons. The molecule has 0 unspecified atom stereocenters. The van der Waals surface area contributed by atoms with Gasteiger partial charge in [-0.3, -0.25) is 14.9 Å². The average Bonchev–Trinajstić information content (AvgIpc) is 2.49. The first-order chi connectivity index (χ1) is 9.98. The van der Waals surface area contributed by atoms with Crippen molar-refractivity contribution in [3.8, 4) is 6.07 Å². The van der Waals surface area contributed by atoms with Crippen LogP contribution in [0.2, 0.25) is 5.02 Å². The lowest BCUT2D eigenvalue weighted by atomic mass is 9.74. The van der Waals surface area contributed by atoms with E-state index in [1.54, 1.807) is 0 Å². The van der Waals surface area contributed by atoms with Crippen molar-refractivity contribution < 1.29 is 9.72 Å². The van der Waals surface area contributed by atoms with E-state index >= 15 is 0 Å². The number of benzene rings is 1. The fraction of sp³-hybridized carbons (Fsp3) is 0.429. The van der Waals surface area contributed by atoms with Crippen LogP contribution in [0, 0.1) is 26.9 Å². The summed E-state index contributed by atoms with van der Waals surface area (Å²) in [7, 11) is 0. The lowest BCUT2D eigenvalue weighted by molar-refractivity contribution is -0.384. The molecule has 1 aliphatic carbocycles. The molecule has 1 fully saturated rings. The summed E-state index contributed by atoms with van der Waals surface area (Å²) in [6.45, 7) is 0. The summed E-state index contributed by atoms with van der Waals surface area (Å²) < 4.78 is 0. The number of halogens is 1. The van der Waals surface area contributed by atoms with Gasteiger partial charge in [0, 0.05) is 12.1 Å². The Morgan fingerprint density at radius 3 is 2.62 bits per heavy atom. The number of nitro benzene ring substituents is 1. The first kappa shape index (κ1) is 15.3. The molecule has 1 N–H and O–H groups in total. The lowest BCUT2D eigenvalue weighted by Gasteiger charge is -2.29. The number of hydrogen-bond donors (Lipinski definition) is 1. The number of carbonyl (C=O) groups is 1. The number of nitrogens with zero attached hydrogens (tertiary/aromatic N) is 2. The number of hydrogen-bond acceptors (Lipinski definition) is 4. The third-order valence-electron chi connectivity index (χ3n) is 3.76. The van der Waals surface area contributed by atoms with Crippen LogP contribution in [0.1, 0.15) is 32.1 Å². The Morgan fingerprint density at radius 1 is 1.38 bits per heavy atom. The Kier molecular flexibility index (Phi) is 4.43. The summed E-state index contributed by atoms with van der Waals surface area (Å²) in [6.07, 6.45) is 3.66. The van der Waals surface area contributed by atoms with Crippen LogP contribution in [-0.2, 0) is 4.79 Å². The number of carbonyl (C=O) groups excluding carboxylic acids is 1. The van der Waals surface area contributed by atoms with E-state index in [9.17, 15) is 20.2 Å². The highest BCUT2D eigenvalue weighted by Gasteiger charge is 2.40. The molecule has 0 spiro atoms. The molecule has 6 nitrogen and oxygen atoms in total. The summed E-state index contributed by atoms with van der Waals surface area (Å²) in [4.78, 5) is 22.6. The zero-order chi connectivity index (χ0) is 15.5. The van der Waals surface area contributed by atoms with E-state index in [0.717, 1.165) is 19.3 Å². The minimum absolute atomic E-state index is 0.163. The molecule has 1 saturated carbocycles. The summed E-state index contributed by atoms with van der Waals surface area (Å²) in [6, 6.07) is 5.93. The van der Waals surface area contributed by atoms with Gasteiger partial charge >= 0.3 is 0 Å². The number of nitrogens with one attached hydrogen (secondary N) is 1. The van der Waals surface area contributed by atoms with E-state index in [4.69, 9.17) is 11.6 Å². The number of rotatable bonds is 3. The Hall–Kier alpha value is -2.13. The second-order valence-electron chi connectivity index (χ2n) is 5.13. The van der Waals surface area contributed by atoms with Gasteiger partial charge in [0.25, 0.3) is 5.69 Å². The number of nitro groups is 1. The summed E-state index contributed by atoms with van der Waals surface area (Å²) in [5.41, 5.74) is -1.06. The van der Waals surface area contributed by atoms with Crippen molar-refractivity contribution in [2.75, 3.05) is 5.32 Å². The summed E-state index contributed by atoms with van der Waals surface area (Å²) in [5, 5.41) is 22.9. The van der Waals surface area contributed by atoms with Crippen molar-refractivity contribution in [1.82, 2.24) is 0 Å². The number of anilines is 1. The van der Waals surface area contributed by atoms with Gasteiger partial charge in [0.15, 0.2) is 0 Å². The summed E-state index contributed by atoms with van der Waals surface area (Å²) in [5.74, 6) is -0.438. The average molecular weight is 308 g/mol. The van der Waals surface area contributed by atoms with Crippen molar-refractivity contribution in [2.45, 2.75) is 32.1 Å². The molecular formula is C14H14ClN3O3. The normalized spacial score (nSPS) is 16.8. The molecule has 2 rings (SSSR count). The molecule has 0 heterocycles. The lowest BCUT2D eigenvalue weighted by Crippen LogP contribution is -2.36. The molecule has 0 aromatic heterocycles. The first-order valence-corrected chi connectivity index (χ1v) is 7.03. The SMILES string of the molecule is N#CC1(C(=O)Nc2cc([N+](=O)[O-])ccc2Cl)CCCCC1. The Morgan fingerprint density at radius 2 is 2.05 bits per heavy atom. The van der Waals surface area contributed by atoms with Crippen LogP contribution in [0.15, 0.2) is 18.2 Å². The maximum Gasteiger partial charge on any atom is 0.271 e. The predicted molar refractivity (Wildman–Crippen MR) is 77.9 cm³/mol. The Bertz CT molecular complexity index is 618. The van der Waals surface area contributed by atoms with E-state index in [0.29, 0.717) is 12.8 Å². The zero-order valence-electron chi connectivity index (χ0n) is 11.3. The molecular weight excluding hydrogens is 294 g/mol. The number of non-ortho nitro benzene ring substituents is 1. The van der Waals surface area contributed by atoms with Gasteiger partial charge in [-0.25, -0.2) is 0 Å². The molecule has 21 heavy (non-hydrogen) atoms. The van der Waals surface area contributed by atoms with Gasteiger partial charge in [0.05, 0.1) is 21.7 Å². The van der Waals surface area contributed by atoms with Crippen LogP contribution in [0.3, 0.4) is 0 Å². The minimum atomic E-state index is -1.06. The number of amides is 1. The van der Waals surface area contributed by atoms with Crippen LogP contribution < -0.4 is 5.32 Å². The first-order valence-electron chi connectivity index (χ1n) is 6.65. The van der Waals surface area contributed by atoms with Gasteiger partial charge in [0.1, 0.15) is 5.41 Å². The molecule has 7 heteroatoms. The largest absolute Gasteiger partial charge is 0.323 e. The van der Waals surface area contributed by atoms with Crippen molar-refractivity contribution >= 4 is 28.9 Å². The Balaban J connectivity index is 2.25. The zero-order valence-corrected chi connectivity index (χ0v) is 12.0. The maximum absolute atomic E-state index is 12.4. The molecule has 1 aliphatic rings. The molecule has 0 atom stereocenters. The fourth-order valence-electron chi connectivity index (χ4n) is 2.51. The van der Waals surface area contributed by atoms with Gasteiger partial charge in [-0.1, -0.05) is 30.9 Å². The molecule has 1 aromatic rings. The highest BCUT2D eigenvalue weighted by atomic mass is 35.5. The van der Waals surface area contributed by atoms with E-state index in [-0.39, 0.29) is 16.4 Å². The molecule has 0 saturated heterocycles. The molecule has 0 radical (unpaired) electrons. The van der Waals surface area contributed by atoms with Crippen molar-refractivity contribution in [3.63, 3.8) is 0 Å². The van der Waals surface area contributed by atoms with Gasteiger partial charge < -0.3 is 5.32 Å². The monoisotopic (exact) mass is 307 g/mol. The van der Waals surface area contributed by atoms with Gasteiger partial charge in [-0.2, -0.15) is 5.26 Å². The smallest absolute Gasteiger partial charge is 0.271 e. The topological polar surface area (TPSA) is 96.0 Å². The van der Waals surface area contributed by atoms with Gasteiger partial charge in [0.2, 0.25) is 5.91 Å². The maximum atomic E-state index is 12.4. The summed E-state index contributed by atoms with van der Waals surface area (Å²) >= 11 is 5.95. The van der Waals surface area contributed by atoms with E-state index in [2.05, 4.69) is 11.4 Å². The second-order valence-corrected chi connectivity index (χ2v) is 5.54. The van der Waals surface area contributed by atoms with Crippen LogP contribution in [-0.4, -0.2) is 10.8 Å². The van der Waals surface area contributed by atoms with Crippen LogP contribution in [0.5, 0.6) is 0 Å². The Labute approximate surface area is 126 Å². The molecule has 0 aliphatic heterocycles. The van der Waals surface area contributed by atoms with Crippen LogP contribution in [0.25, 0.3) is 0 Å². The van der Waals surface area contributed by atoms with E-state index in [1.807, 2.05) is 0 Å². The third kappa shape index (κ3) is 3.14. The standard InChI is InChI=1S/C14H14ClN3O3/c15-11-5-4-10(18(20)21)8-12(11)17-13(19)14(9-16)6-2-1-3-7-14/h4-5,8H,1-3,6-7H2,(H,17,19). The quantitative estimate of drug-likeness (QED) is 0.680. The molecule has 1 aromatic carbocycles. The highest BCUT2D eigenvalue weighted by Crippen LogP contribution is 2.37. The van der Waals surface area contributed by atoms with Crippen LogP contribution >= 0.6 is 11.6 Å². The predicted octanol–water partition coefficient (Wildman–Crippen LogP) is 3.66. The third-order valence-corrected chi connectivity index (χ3v) is 4.09. The highest BCUT2D eigenvalue weighted by molar-refractivity contribution is 6.33. The fourth-order valence-corrected chi connectivity index (χ4v) is 2.67. The van der Waals surface area contributed by atoms with Gasteiger partial charge in [-0.05, 0) is 18.9 Å². The molecule has 1 amide bonds. The van der Waals surface area contributed by atoms with Crippen LogP contribution in [0.4, 0.5) is 11.4 Å². The second kappa shape index (κ2) is 6.10. The minimum Gasteiger partial charge on any atom is -0.323 e. The van der Waals surface area contributed by atoms with Crippen molar-refractivity contribution in [3.05, 3.63) is 33.3 Å². The number of nitriles is 1. The van der Waals surface area contributed by atoms with E-state index in [1.165, 1.54) is 18.2 Å². The molecule has 0 bridgehead atoms. The van der Waals surface area contributed by atoms with Crippen molar-refractivity contribution in [1.29, 1.82) is 5.26 Å².